The molecule has 1 saturated heterocycles. The number of nitrogens with zero attached hydrogens (tertiary/aromatic N) is 3. The molecule has 0 bridgehead atoms. The molecule has 1 unspecified atom stereocenters. The van der Waals surface area contributed by atoms with Crippen molar-refractivity contribution < 1.29 is 5.11 Å². The highest BCUT2D eigenvalue weighted by Gasteiger charge is 2.23. The van der Waals surface area contributed by atoms with Crippen LogP contribution in [0.3, 0.4) is 0 Å². The highest BCUT2D eigenvalue weighted by Crippen LogP contribution is 2.26. The van der Waals surface area contributed by atoms with Crippen molar-refractivity contribution in [3.63, 3.8) is 0 Å². The van der Waals surface area contributed by atoms with Gasteiger partial charge >= 0.3 is 0 Å². The molecular formula is C16H24N4OS. The first-order chi connectivity index (χ1) is 10.8. The number of aromatic amines is 1. The van der Waals surface area contributed by atoms with Gasteiger partial charge in [-0.2, -0.15) is 5.10 Å². The fourth-order valence-electron chi connectivity index (χ4n) is 3.10. The fraction of sp³-hybridized carbons (Fsp3) is 0.562. The van der Waals surface area contributed by atoms with Gasteiger partial charge in [-0.25, -0.2) is 0 Å². The number of thiophene rings is 1. The Bertz CT molecular complexity index is 556. The highest BCUT2D eigenvalue weighted by molar-refractivity contribution is 7.13. The molecule has 0 aromatic carbocycles. The smallest absolute Gasteiger partial charge is 0.0794 e. The summed E-state index contributed by atoms with van der Waals surface area (Å²) < 4.78 is 0. The normalized spacial score (nSPS) is 18.6. The maximum atomic E-state index is 9.43. The topological polar surface area (TPSA) is 55.4 Å². The van der Waals surface area contributed by atoms with Crippen molar-refractivity contribution >= 4 is 11.3 Å². The van der Waals surface area contributed by atoms with Gasteiger partial charge in [0.1, 0.15) is 0 Å². The van der Waals surface area contributed by atoms with Crippen LogP contribution in [0.15, 0.2) is 23.7 Å². The number of H-pyrrole nitrogens is 1. The second-order valence-electron chi connectivity index (χ2n) is 5.80. The minimum absolute atomic E-state index is 0.265. The molecular weight excluding hydrogens is 296 g/mol. The predicted octanol–water partition coefficient (Wildman–Crippen LogP) is 2.03. The van der Waals surface area contributed by atoms with Gasteiger partial charge < -0.3 is 5.11 Å². The molecule has 0 amide bonds. The molecule has 1 aliphatic heterocycles. The van der Waals surface area contributed by atoms with Crippen molar-refractivity contribution in [1.29, 1.82) is 0 Å². The lowest BCUT2D eigenvalue weighted by molar-refractivity contribution is 0.0609. The molecule has 1 atom stereocenters. The van der Waals surface area contributed by atoms with Crippen LogP contribution < -0.4 is 0 Å². The molecule has 120 valence electrons. The van der Waals surface area contributed by atoms with Gasteiger partial charge in [-0.1, -0.05) is 13.0 Å². The van der Waals surface area contributed by atoms with Gasteiger partial charge in [-0.3, -0.25) is 14.9 Å². The van der Waals surface area contributed by atoms with Gasteiger partial charge in [-0.05, 0) is 17.9 Å². The first kappa shape index (κ1) is 15.7. The lowest BCUT2D eigenvalue weighted by Gasteiger charge is -2.38. The maximum Gasteiger partial charge on any atom is 0.0794 e. The number of aromatic nitrogens is 2. The number of piperazine rings is 1. The Hall–Kier alpha value is -1.21. The fourth-order valence-corrected chi connectivity index (χ4v) is 3.85. The van der Waals surface area contributed by atoms with Crippen LogP contribution >= 0.6 is 11.3 Å². The first-order valence-corrected chi connectivity index (χ1v) is 8.83. The average molecular weight is 320 g/mol. The van der Waals surface area contributed by atoms with Crippen LogP contribution in [0.2, 0.25) is 0 Å². The van der Waals surface area contributed by atoms with Crippen molar-refractivity contribution in [1.82, 2.24) is 20.0 Å². The Kier molecular flexibility index (Phi) is 5.25. The van der Waals surface area contributed by atoms with Crippen LogP contribution in [-0.4, -0.2) is 63.9 Å². The van der Waals surface area contributed by atoms with E-state index in [1.54, 1.807) is 11.3 Å². The molecule has 2 aromatic rings. The summed E-state index contributed by atoms with van der Waals surface area (Å²) >= 11 is 1.74. The lowest BCUT2D eigenvalue weighted by Crippen LogP contribution is -2.50. The average Bonchev–Trinajstić information content (AvgIpc) is 3.21. The summed E-state index contributed by atoms with van der Waals surface area (Å²) in [5.41, 5.74) is 2.42. The number of hydrogen-bond donors (Lipinski definition) is 2. The van der Waals surface area contributed by atoms with Crippen molar-refractivity contribution in [2.75, 3.05) is 32.8 Å². The van der Waals surface area contributed by atoms with Gasteiger partial charge in [0.05, 0.1) is 23.4 Å². The van der Waals surface area contributed by atoms with E-state index in [2.05, 4.69) is 44.4 Å². The summed E-state index contributed by atoms with van der Waals surface area (Å²) in [6.45, 7) is 7.51. The zero-order chi connectivity index (χ0) is 15.4. The Balaban J connectivity index is 1.59. The van der Waals surface area contributed by atoms with Crippen LogP contribution in [0.1, 0.15) is 18.9 Å². The van der Waals surface area contributed by atoms with Gasteiger partial charge in [0.25, 0.3) is 0 Å². The summed E-state index contributed by atoms with van der Waals surface area (Å²) in [6, 6.07) is 4.52. The molecule has 22 heavy (non-hydrogen) atoms. The summed E-state index contributed by atoms with van der Waals surface area (Å²) in [5, 5.41) is 18.9. The Morgan fingerprint density at radius 1 is 1.36 bits per heavy atom. The zero-order valence-corrected chi connectivity index (χ0v) is 13.9. The highest BCUT2D eigenvalue weighted by atomic mass is 32.1. The molecule has 5 nitrogen and oxygen atoms in total. The second kappa shape index (κ2) is 7.37. The van der Waals surface area contributed by atoms with E-state index in [9.17, 15) is 5.11 Å². The largest absolute Gasteiger partial charge is 0.395 e. The van der Waals surface area contributed by atoms with Crippen molar-refractivity contribution in [3.8, 4) is 10.6 Å². The molecule has 1 fully saturated rings. The van der Waals surface area contributed by atoms with Crippen LogP contribution in [0.4, 0.5) is 0 Å². The van der Waals surface area contributed by atoms with E-state index < -0.39 is 0 Å². The van der Waals surface area contributed by atoms with Crippen LogP contribution in [0.25, 0.3) is 10.6 Å². The summed E-state index contributed by atoms with van der Waals surface area (Å²) in [6.07, 6.45) is 2.96. The number of rotatable bonds is 6. The quantitative estimate of drug-likeness (QED) is 0.855. The minimum Gasteiger partial charge on any atom is -0.395 e. The lowest BCUT2D eigenvalue weighted by atomic mass is 10.1. The third-order valence-corrected chi connectivity index (χ3v) is 5.37. The molecule has 0 spiro atoms. The molecule has 1 aliphatic rings. The second-order valence-corrected chi connectivity index (χ2v) is 6.75. The predicted molar refractivity (Wildman–Crippen MR) is 89.9 cm³/mol. The number of aliphatic hydroxyl groups excluding tert-OH is 1. The first-order valence-electron chi connectivity index (χ1n) is 7.95. The van der Waals surface area contributed by atoms with Gasteiger partial charge in [-0.15, -0.1) is 11.3 Å². The van der Waals surface area contributed by atoms with Crippen LogP contribution in [-0.2, 0) is 6.54 Å². The van der Waals surface area contributed by atoms with E-state index in [4.69, 9.17) is 0 Å². The van der Waals surface area contributed by atoms with Gasteiger partial charge in [0, 0.05) is 44.3 Å². The summed E-state index contributed by atoms with van der Waals surface area (Å²) in [5.74, 6) is 0. The van der Waals surface area contributed by atoms with Crippen molar-refractivity contribution in [3.05, 3.63) is 29.3 Å². The van der Waals surface area contributed by atoms with E-state index in [-0.39, 0.29) is 6.61 Å². The molecule has 2 aromatic heterocycles. The van der Waals surface area contributed by atoms with E-state index in [0.717, 1.165) is 44.8 Å². The Labute approximate surface area is 135 Å². The standard InChI is InChI=1S/C16H24N4OS/c1-2-14(12-21)20-7-5-19(6-8-20)11-13-10-17-18-16(13)15-4-3-9-22-15/h3-4,9-10,14,21H,2,5-8,11-12H2,1H3,(H,17,18). The SMILES string of the molecule is CCC(CO)N1CCN(Cc2cn[nH]c2-c2cccs2)CC1. The number of nitrogens with one attached hydrogen (secondary N) is 1. The van der Waals surface area contributed by atoms with Gasteiger partial charge in [0.2, 0.25) is 0 Å². The third kappa shape index (κ3) is 3.41. The van der Waals surface area contributed by atoms with E-state index in [1.165, 1.54) is 10.4 Å². The molecule has 0 aliphatic carbocycles. The van der Waals surface area contributed by atoms with E-state index >= 15 is 0 Å². The molecule has 3 heterocycles. The van der Waals surface area contributed by atoms with Crippen molar-refractivity contribution in [2.45, 2.75) is 25.9 Å². The number of hydrogen-bond acceptors (Lipinski definition) is 5. The zero-order valence-electron chi connectivity index (χ0n) is 13.0. The molecule has 3 rings (SSSR count). The molecule has 6 heteroatoms. The Morgan fingerprint density at radius 3 is 2.82 bits per heavy atom. The summed E-state index contributed by atoms with van der Waals surface area (Å²) in [4.78, 5) is 6.13. The monoisotopic (exact) mass is 320 g/mol. The van der Waals surface area contributed by atoms with E-state index in [0.29, 0.717) is 6.04 Å². The maximum absolute atomic E-state index is 9.43. The Morgan fingerprint density at radius 2 is 2.18 bits per heavy atom. The van der Waals surface area contributed by atoms with Crippen molar-refractivity contribution in [2.24, 2.45) is 0 Å². The number of aliphatic hydroxyl groups is 1. The van der Waals surface area contributed by atoms with E-state index in [1.807, 2.05) is 6.20 Å². The van der Waals surface area contributed by atoms with Crippen LogP contribution in [0.5, 0.6) is 0 Å². The van der Waals surface area contributed by atoms with Gasteiger partial charge in [0.15, 0.2) is 0 Å². The molecule has 0 radical (unpaired) electrons. The molecule has 2 N–H and O–H groups in total. The third-order valence-electron chi connectivity index (χ3n) is 4.48. The molecule has 0 saturated carbocycles. The summed E-state index contributed by atoms with van der Waals surface area (Å²) in [7, 11) is 0. The minimum atomic E-state index is 0.265. The van der Waals surface area contributed by atoms with Crippen LogP contribution in [0, 0.1) is 0 Å².